The molecule has 1 saturated heterocycles. The average molecular weight is 565 g/mol. The topological polar surface area (TPSA) is 116 Å². The van der Waals surface area contributed by atoms with Gasteiger partial charge in [-0.25, -0.2) is 18.6 Å². The average Bonchev–Trinajstić information content (AvgIpc) is 3.60. The number of nitrogens with one attached hydrogen (secondary N) is 3. The number of hydrogen-bond donors (Lipinski definition) is 3. The summed E-state index contributed by atoms with van der Waals surface area (Å²) in [5, 5.41) is 7.98. The Kier molecular flexibility index (Phi) is 7.84. The highest BCUT2D eigenvalue weighted by Crippen LogP contribution is 2.47. The summed E-state index contributed by atoms with van der Waals surface area (Å²) >= 11 is 0. The molecule has 0 spiro atoms. The number of likely N-dealkylation sites (N-methyl/N-ethyl adjacent to an activating group) is 1. The second kappa shape index (κ2) is 11.5. The molecule has 4 amide bonds. The molecule has 1 atom stereocenters. The van der Waals surface area contributed by atoms with Crippen LogP contribution in [-0.4, -0.2) is 65.9 Å². The molecule has 1 aliphatic heterocycles. The minimum absolute atomic E-state index is 0.102. The third kappa shape index (κ3) is 6.43. The highest BCUT2D eigenvalue weighted by atomic mass is 19.1. The van der Waals surface area contributed by atoms with Gasteiger partial charge in [0.2, 0.25) is 11.8 Å². The Morgan fingerprint density at radius 1 is 0.951 bits per heavy atom. The third-order valence-electron chi connectivity index (χ3n) is 7.29. The van der Waals surface area contributed by atoms with Crippen molar-refractivity contribution in [3.63, 3.8) is 0 Å². The highest BCUT2D eigenvalue weighted by Gasteiger charge is 2.56. The number of amides is 4. The quantitative estimate of drug-likeness (QED) is 0.343. The lowest BCUT2D eigenvalue weighted by atomic mass is 10.0. The molecule has 0 radical (unpaired) electrons. The molecule has 3 aromatic rings. The van der Waals surface area contributed by atoms with E-state index in [1.165, 1.54) is 54.7 Å². The lowest BCUT2D eigenvalue weighted by Gasteiger charge is -2.20. The van der Waals surface area contributed by atoms with Crippen molar-refractivity contribution in [1.29, 1.82) is 0 Å². The van der Waals surface area contributed by atoms with E-state index < -0.39 is 28.9 Å². The molecule has 214 valence electrons. The molecule has 2 fully saturated rings. The van der Waals surface area contributed by atoms with Gasteiger partial charge >= 0.3 is 6.03 Å². The highest BCUT2D eigenvalue weighted by molar-refractivity contribution is 6.16. The lowest BCUT2D eigenvalue weighted by Crippen LogP contribution is -2.37. The van der Waals surface area contributed by atoms with Crippen LogP contribution in [0.1, 0.15) is 19.3 Å². The SMILES string of the molecule is CN(C)[C@H]1CCN(C(=O)Nc2cc(Oc3ccc(NC(=O)C4(C(=O)Nc5ccc(F)cc5)CC4)cc3F)ccn2)C1. The van der Waals surface area contributed by atoms with Crippen LogP contribution in [0.2, 0.25) is 0 Å². The number of aromatic nitrogens is 1. The molecule has 3 N–H and O–H groups in total. The summed E-state index contributed by atoms with van der Waals surface area (Å²) in [5.41, 5.74) is -0.749. The van der Waals surface area contributed by atoms with Gasteiger partial charge in [0, 0.05) is 48.8 Å². The van der Waals surface area contributed by atoms with Gasteiger partial charge in [-0.2, -0.15) is 0 Å². The number of ether oxygens (including phenoxy) is 1. The van der Waals surface area contributed by atoms with Crippen LogP contribution >= 0.6 is 0 Å². The van der Waals surface area contributed by atoms with Gasteiger partial charge in [0.25, 0.3) is 0 Å². The summed E-state index contributed by atoms with van der Waals surface area (Å²) in [5.74, 6) is -1.83. The first kappa shape index (κ1) is 28.0. The maximum atomic E-state index is 14.9. The van der Waals surface area contributed by atoms with E-state index >= 15 is 0 Å². The van der Waals surface area contributed by atoms with Gasteiger partial charge in [-0.05, 0) is 75.8 Å². The zero-order valence-electron chi connectivity index (χ0n) is 22.6. The minimum atomic E-state index is -1.28. The Balaban J connectivity index is 1.18. The Hall–Kier alpha value is -4.58. The lowest BCUT2D eigenvalue weighted by molar-refractivity contribution is -0.131. The summed E-state index contributed by atoms with van der Waals surface area (Å²) in [6.45, 7) is 1.25. The van der Waals surface area contributed by atoms with Gasteiger partial charge in [-0.15, -0.1) is 0 Å². The van der Waals surface area contributed by atoms with Crippen molar-refractivity contribution in [1.82, 2.24) is 14.8 Å². The van der Waals surface area contributed by atoms with Crippen molar-refractivity contribution >= 4 is 35.0 Å². The van der Waals surface area contributed by atoms with Crippen LogP contribution in [0.5, 0.6) is 11.5 Å². The maximum absolute atomic E-state index is 14.9. The summed E-state index contributed by atoms with van der Waals surface area (Å²) in [6, 6.07) is 12.2. The fourth-order valence-electron chi connectivity index (χ4n) is 4.58. The van der Waals surface area contributed by atoms with E-state index in [4.69, 9.17) is 4.74 Å². The zero-order valence-corrected chi connectivity index (χ0v) is 22.6. The largest absolute Gasteiger partial charge is 0.454 e. The zero-order chi connectivity index (χ0) is 29.1. The van der Waals surface area contributed by atoms with E-state index in [2.05, 4.69) is 25.8 Å². The number of rotatable bonds is 8. The predicted molar refractivity (Wildman–Crippen MR) is 149 cm³/mol. The van der Waals surface area contributed by atoms with Crippen LogP contribution in [0.3, 0.4) is 0 Å². The van der Waals surface area contributed by atoms with Crippen molar-refractivity contribution in [2.24, 2.45) is 5.41 Å². The smallest absolute Gasteiger partial charge is 0.323 e. The van der Waals surface area contributed by atoms with Crippen molar-refractivity contribution < 1.29 is 27.9 Å². The van der Waals surface area contributed by atoms with E-state index in [1.807, 2.05) is 14.1 Å². The number of benzene rings is 2. The standard InChI is InChI=1S/C29H30F2N6O4/c1-36(2)21-10-14-37(17-21)28(40)35-25-16-22(9-13-32-25)41-24-8-7-20(15-23(24)31)34-27(39)29(11-12-29)26(38)33-19-5-3-18(30)4-6-19/h3-9,13,15-16,21H,10-12,14,17H2,1-2H3,(H,33,38)(H,34,39)(H,32,35,40)/t21-/m0/s1. The Morgan fingerprint density at radius 3 is 2.27 bits per heavy atom. The Bertz CT molecular complexity index is 1460. The molecule has 1 saturated carbocycles. The van der Waals surface area contributed by atoms with Gasteiger partial charge in [-0.3, -0.25) is 14.9 Å². The van der Waals surface area contributed by atoms with Crippen molar-refractivity contribution in [3.8, 4) is 11.5 Å². The number of carbonyl (C=O) groups is 3. The Labute approximate surface area is 235 Å². The molecule has 2 aromatic carbocycles. The number of urea groups is 1. The van der Waals surface area contributed by atoms with E-state index in [0.29, 0.717) is 37.7 Å². The molecule has 1 aliphatic carbocycles. The first-order valence-corrected chi connectivity index (χ1v) is 13.2. The van der Waals surface area contributed by atoms with E-state index in [9.17, 15) is 23.2 Å². The molecule has 12 heteroatoms. The molecular weight excluding hydrogens is 534 g/mol. The second-order valence-corrected chi connectivity index (χ2v) is 10.4. The van der Waals surface area contributed by atoms with Crippen LogP contribution in [0.15, 0.2) is 60.8 Å². The molecular formula is C29H30F2N6O4. The molecule has 41 heavy (non-hydrogen) atoms. The number of likely N-dealkylation sites (tertiary alicyclic amines) is 1. The molecule has 10 nitrogen and oxygen atoms in total. The van der Waals surface area contributed by atoms with Crippen LogP contribution in [0.4, 0.5) is 30.8 Å². The van der Waals surface area contributed by atoms with Crippen molar-refractivity contribution in [2.75, 3.05) is 43.1 Å². The second-order valence-electron chi connectivity index (χ2n) is 10.4. The summed E-state index contributed by atoms with van der Waals surface area (Å²) in [4.78, 5) is 46.2. The summed E-state index contributed by atoms with van der Waals surface area (Å²) < 4.78 is 33.7. The fraction of sp³-hybridized carbons (Fsp3) is 0.310. The van der Waals surface area contributed by atoms with Crippen LogP contribution < -0.4 is 20.7 Å². The number of nitrogens with zero attached hydrogens (tertiary/aromatic N) is 3. The summed E-state index contributed by atoms with van der Waals surface area (Å²) in [7, 11) is 3.96. The van der Waals surface area contributed by atoms with Crippen molar-refractivity contribution in [2.45, 2.75) is 25.3 Å². The molecule has 2 heterocycles. The van der Waals surface area contributed by atoms with Gasteiger partial charge in [0.05, 0.1) is 0 Å². The molecule has 5 rings (SSSR count). The van der Waals surface area contributed by atoms with Crippen LogP contribution in [-0.2, 0) is 9.59 Å². The van der Waals surface area contributed by atoms with Gasteiger partial charge < -0.3 is 25.2 Å². The number of pyridine rings is 1. The number of carbonyl (C=O) groups excluding carboxylic acids is 3. The number of halogens is 2. The number of hydrogen-bond acceptors (Lipinski definition) is 6. The summed E-state index contributed by atoms with van der Waals surface area (Å²) in [6.07, 6.45) is 3.00. The minimum Gasteiger partial charge on any atom is -0.454 e. The van der Waals surface area contributed by atoms with Crippen molar-refractivity contribution in [3.05, 3.63) is 72.4 Å². The molecule has 1 aromatic heterocycles. The third-order valence-corrected chi connectivity index (χ3v) is 7.29. The van der Waals surface area contributed by atoms with Crippen LogP contribution in [0.25, 0.3) is 0 Å². The first-order chi connectivity index (χ1) is 19.6. The maximum Gasteiger partial charge on any atom is 0.323 e. The van der Waals surface area contributed by atoms with Crippen LogP contribution in [0, 0.1) is 17.0 Å². The normalized spacial score (nSPS) is 17.2. The monoisotopic (exact) mass is 564 g/mol. The molecule has 2 aliphatic rings. The van der Waals surface area contributed by atoms with E-state index in [-0.39, 0.29) is 29.0 Å². The van der Waals surface area contributed by atoms with Gasteiger partial charge in [0.1, 0.15) is 22.8 Å². The predicted octanol–water partition coefficient (Wildman–Crippen LogP) is 4.68. The number of anilines is 3. The van der Waals surface area contributed by atoms with E-state index in [1.54, 1.807) is 4.90 Å². The Morgan fingerprint density at radius 2 is 1.63 bits per heavy atom. The van der Waals surface area contributed by atoms with Gasteiger partial charge in [-0.1, -0.05) is 0 Å². The first-order valence-electron chi connectivity index (χ1n) is 13.2. The molecule has 0 bridgehead atoms. The van der Waals surface area contributed by atoms with E-state index in [0.717, 1.165) is 12.5 Å². The fourth-order valence-corrected chi connectivity index (χ4v) is 4.58. The van der Waals surface area contributed by atoms with Gasteiger partial charge in [0.15, 0.2) is 11.6 Å². The molecule has 0 unspecified atom stereocenters.